The summed E-state index contributed by atoms with van der Waals surface area (Å²) in [5.74, 6) is 7.55. The molecule has 0 aliphatic carbocycles. The number of hydrogen-bond donors (Lipinski definition) is 2. The number of halogens is 1. The smallest absolute Gasteiger partial charge is 0.0550 e. The highest BCUT2D eigenvalue weighted by Gasteiger charge is 2.08. The van der Waals surface area contributed by atoms with Gasteiger partial charge in [-0.25, -0.2) is 0 Å². The van der Waals surface area contributed by atoms with Crippen molar-refractivity contribution in [1.82, 2.24) is 5.43 Å². The van der Waals surface area contributed by atoms with E-state index in [-0.39, 0.29) is 6.04 Å². The Hall–Kier alpha value is -0.220. The average molecular weight is 231 g/mol. The molecule has 0 heterocycles. The molecule has 0 fully saturated rings. The Morgan fingerprint density at radius 2 is 2.36 bits per heavy atom. The number of thioether (sulfide) groups is 1. The molecule has 1 aromatic rings. The molecule has 0 saturated carbocycles. The zero-order valence-corrected chi connectivity index (χ0v) is 9.74. The van der Waals surface area contributed by atoms with E-state index >= 15 is 0 Å². The third-order valence-corrected chi connectivity index (χ3v) is 3.15. The van der Waals surface area contributed by atoms with E-state index in [2.05, 4.69) is 12.3 Å². The van der Waals surface area contributed by atoms with E-state index in [0.717, 1.165) is 22.1 Å². The lowest BCUT2D eigenvalue weighted by Crippen LogP contribution is -2.29. The molecular weight excluding hydrogens is 216 g/mol. The quantitative estimate of drug-likeness (QED) is 0.603. The molecule has 4 heteroatoms. The van der Waals surface area contributed by atoms with Gasteiger partial charge in [0.15, 0.2) is 0 Å². The van der Waals surface area contributed by atoms with Gasteiger partial charge in [-0.2, -0.15) is 11.8 Å². The molecule has 0 aliphatic heterocycles. The minimum atomic E-state index is 0.179. The molecule has 0 amide bonds. The third kappa shape index (κ3) is 3.50. The fourth-order valence-corrected chi connectivity index (χ4v) is 2.16. The Bertz CT molecular complexity index is 281. The largest absolute Gasteiger partial charge is 0.271 e. The second-order valence-electron chi connectivity index (χ2n) is 2.93. The summed E-state index contributed by atoms with van der Waals surface area (Å²) in [7, 11) is 0. The van der Waals surface area contributed by atoms with Crippen LogP contribution in [-0.4, -0.2) is 11.5 Å². The van der Waals surface area contributed by atoms with Gasteiger partial charge in [-0.3, -0.25) is 11.3 Å². The van der Waals surface area contributed by atoms with Gasteiger partial charge in [-0.05, 0) is 23.4 Å². The first-order chi connectivity index (χ1) is 6.77. The van der Waals surface area contributed by atoms with Gasteiger partial charge < -0.3 is 0 Å². The normalized spacial score (nSPS) is 12.8. The maximum absolute atomic E-state index is 5.90. The number of nitrogens with one attached hydrogen (secondary N) is 1. The fourth-order valence-electron chi connectivity index (χ4n) is 1.20. The van der Waals surface area contributed by atoms with Crippen LogP contribution in [0.5, 0.6) is 0 Å². The molecule has 3 N–H and O–H groups in total. The van der Waals surface area contributed by atoms with Crippen LogP contribution in [0.2, 0.25) is 5.02 Å². The van der Waals surface area contributed by atoms with Gasteiger partial charge in [0.25, 0.3) is 0 Å². The summed E-state index contributed by atoms with van der Waals surface area (Å²) < 4.78 is 0. The summed E-state index contributed by atoms with van der Waals surface area (Å²) in [5.41, 5.74) is 3.94. The van der Waals surface area contributed by atoms with Crippen molar-refractivity contribution in [2.45, 2.75) is 13.0 Å². The standard InChI is InChI=1S/C10H15ClN2S/c1-2-14-7-10(13-12)8-4-3-5-9(11)6-8/h3-6,10,13H,2,7,12H2,1H3. The van der Waals surface area contributed by atoms with Crippen LogP contribution >= 0.6 is 23.4 Å². The van der Waals surface area contributed by atoms with Gasteiger partial charge in [-0.1, -0.05) is 30.7 Å². The van der Waals surface area contributed by atoms with Crippen molar-refractivity contribution in [3.63, 3.8) is 0 Å². The maximum Gasteiger partial charge on any atom is 0.0550 e. The number of hydrazine groups is 1. The molecule has 0 spiro atoms. The van der Waals surface area contributed by atoms with E-state index in [1.54, 1.807) is 0 Å². The van der Waals surface area contributed by atoms with E-state index in [4.69, 9.17) is 17.4 Å². The van der Waals surface area contributed by atoms with Gasteiger partial charge in [0.1, 0.15) is 0 Å². The number of hydrogen-bond acceptors (Lipinski definition) is 3. The highest BCUT2D eigenvalue weighted by Crippen LogP contribution is 2.20. The zero-order chi connectivity index (χ0) is 10.4. The first-order valence-electron chi connectivity index (χ1n) is 4.57. The molecular formula is C10H15ClN2S. The minimum Gasteiger partial charge on any atom is -0.271 e. The predicted octanol–water partition coefficient (Wildman–Crippen LogP) is 2.60. The first kappa shape index (κ1) is 11.9. The molecule has 0 aromatic heterocycles. The second kappa shape index (κ2) is 6.30. The van der Waals surface area contributed by atoms with Crippen LogP contribution in [-0.2, 0) is 0 Å². The van der Waals surface area contributed by atoms with Crippen LogP contribution < -0.4 is 11.3 Å². The Morgan fingerprint density at radius 1 is 1.57 bits per heavy atom. The van der Waals surface area contributed by atoms with Gasteiger partial charge in [0.2, 0.25) is 0 Å². The SMILES string of the molecule is CCSCC(NN)c1cccc(Cl)c1. The Kier molecular flexibility index (Phi) is 5.33. The summed E-state index contributed by atoms with van der Waals surface area (Å²) in [6.45, 7) is 2.14. The summed E-state index contributed by atoms with van der Waals surface area (Å²) in [6, 6.07) is 7.97. The lowest BCUT2D eigenvalue weighted by molar-refractivity contribution is 0.611. The molecule has 78 valence electrons. The lowest BCUT2D eigenvalue weighted by Gasteiger charge is -2.15. The van der Waals surface area contributed by atoms with Crippen molar-refractivity contribution in [2.24, 2.45) is 5.84 Å². The molecule has 1 aromatic carbocycles. The van der Waals surface area contributed by atoms with Crippen LogP contribution in [0.1, 0.15) is 18.5 Å². The topological polar surface area (TPSA) is 38.0 Å². The highest BCUT2D eigenvalue weighted by atomic mass is 35.5. The monoisotopic (exact) mass is 230 g/mol. The van der Waals surface area contributed by atoms with E-state index < -0.39 is 0 Å². The van der Waals surface area contributed by atoms with Crippen LogP contribution in [0.25, 0.3) is 0 Å². The van der Waals surface area contributed by atoms with E-state index in [1.807, 2.05) is 36.0 Å². The molecule has 2 nitrogen and oxygen atoms in total. The molecule has 0 bridgehead atoms. The maximum atomic E-state index is 5.90. The molecule has 0 saturated heterocycles. The zero-order valence-electron chi connectivity index (χ0n) is 8.16. The van der Waals surface area contributed by atoms with Crippen LogP contribution in [0.15, 0.2) is 24.3 Å². The van der Waals surface area contributed by atoms with Crippen LogP contribution in [0.4, 0.5) is 0 Å². The summed E-state index contributed by atoms with van der Waals surface area (Å²) in [4.78, 5) is 0. The summed E-state index contributed by atoms with van der Waals surface area (Å²) in [6.07, 6.45) is 0. The third-order valence-electron chi connectivity index (χ3n) is 1.94. The first-order valence-corrected chi connectivity index (χ1v) is 6.10. The van der Waals surface area contributed by atoms with E-state index in [1.165, 1.54) is 0 Å². The van der Waals surface area contributed by atoms with Crippen molar-refractivity contribution in [3.8, 4) is 0 Å². The molecule has 0 aliphatic rings. The van der Waals surface area contributed by atoms with Gasteiger partial charge in [-0.15, -0.1) is 0 Å². The molecule has 1 rings (SSSR count). The summed E-state index contributed by atoms with van der Waals surface area (Å²) in [5, 5.41) is 0.754. The average Bonchev–Trinajstić information content (AvgIpc) is 2.19. The van der Waals surface area contributed by atoms with Crippen molar-refractivity contribution in [1.29, 1.82) is 0 Å². The Balaban J connectivity index is 2.68. The molecule has 1 atom stereocenters. The van der Waals surface area contributed by atoms with Gasteiger partial charge in [0, 0.05) is 10.8 Å². The lowest BCUT2D eigenvalue weighted by atomic mass is 10.1. The molecule has 14 heavy (non-hydrogen) atoms. The number of benzene rings is 1. The highest BCUT2D eigenvalue weighted by molar-refractivity contribution is 7.99. The van der Waals surface area contributed by atoms with Crippen molar-refractivity contribution in [2.75, 3.05) is 11.5 Å². The second-order valence-corrected chi connectivity index (χ2v) is 4.69. The van der Waals surface area contributed by atoms with Gasteiger partial charge >= 0.3 is 0 Å². The van der Waals surface area contributed by atoms with E-state index in [0.29, 0.717) is 0 Å². The fraction of sp³-hybridized carbons (Fsp3) is 0.400. The van der Waals surface area contributed by atoms with Crippen LogP contribution in [0.3, 0.4) is 0 Å². The minimum absolute atomic E-state index is 0.179. The van der Waals surface area contributed by atoms with Gasteiger partial charge in [0.05, 0.1) is 6.04 Å². The number of nitrogens with two attached hydrogens (primary N) is 1. The summed E-state index contributed by atoms with van der Waals surface area (Å²) >= 11 is 7.76. The predicted molar refractivity (Wildman–Crippen MR) is 64.5 cm³/mol. The number of rotatable bonds is 5. The molecule has 1 unspecified atom stereocenters. The van der Waals surface area contributed by atoms with Crippen molar-refractivity contribution >= 4 is 23.4 Å². The van der Waals surface area contributed by atoms with E-state index in [9.17, 15) is 0 Å². The molecule has 0 radical (unpaired) electrons. The van der Waals surface area contributed by atoms with Crippen LogP contribution in [0, 0.1) is 0 Å². The van der Waals surface area contributed by atoms with Crippen molar-refractivity contribution in [3.05, 3.63) is 34.9 Å². The van der Waals surface area contributed by atoms with Crippen molar-refractivity contribution < 1.29 is 0 Å². The Morgan fingerprint density at radius 3 is 2.93 bits per heavy atom. The Labute approximate surface area is 94.2 Å².